The summed E-state index contributed by atoms with van der Waals surface area (Å²) in [5, 5.41) is 13.6. The molecule has 3 aromatic heterocycles. The third kappa shape index (κ3) is 4.19. The molecule has 0 spiro atoms. The maximum Gasteiger partial charge on any atom is 0.164 e. The molecule has 2 atom stereocenters. The quantitative estimate of drug-likeness (QED) is 0.361. The molecule has 0 saturated heterocycles. The lowest BCUT2D eigenvalue weighted by atomic mass is 10.1. The minimum atomic E-state index is -3.70. The molecular weight excluding hydrogens is 478 g/mol. The van der Waals surface area contributed by atoms with E-state index in [-0.39, 0.29) is 17.6 Å². The predicted molar refractivity (Wildman–Crippen MR) is 127 cm³/mol. The van der Waals surface area contributed by atoms with Gasteiger partial charge >= 0.3 is 0 Å². The third-order valence-corrected chi connectivity index (χ3v) is 8.29. The molecule has 1 aromatic carbocycles. The number of aryl methyl sites for hydroxylation is 1. The first-order chi connectivity index (χ1) is 16.3. The number of aromatic nitrogens is 7. The Kier molecular flexibility index (Phi) is 5.86. The number of methoxy groups -OCH3 is 1. The van der Waals surface area contributed by atoms with Crippen molar-refractivity contribution in [1.82, 2.24) is 34.5 Å². The van der Waals surface area contributed by atoms with E-state index in [0.717, 1.165) is 29.3 Å². The Balaban J connectivity index is 1.50. The molecule has 5 rings (SSSR count). The third-order valence-electron chi connectivity index (χ3n) is 6.06. The van der Waals surface area contributed by atoms with Gasteiger partial charge in [-0.15, -0.1) is 10.2 Å². The Morgan fingerprint density at radius 1 is 1.21 bits per heavy atom. The molecule has 1 aliphatic carbocycles. The van der Waals surface area contributed by atoms with Crippen molar-refractivity contribution in [3.05, 3.63) is 53.5 Å². The second-order valence-corrected chi connectivity index (χ2v) is 11.3. The average molecular weight is 502 g/mol. The molecule has 10 nitrogen and oxygen atoms in total. The highest BCUT2D eigenvalue weighted by molar-refractivity contribution is 7.91. The molecule has 0 unspecified atom stereocenters. The van der Waals surface area contributed by atoms with Crippen molar-refractivity contribution in [3.63, 3.8) is 0 Å². The zero-order valence-electron chi connectivity index (χ0n) is 19.0. The summed E-state index contributed by atoms with van der Waals surface area (Å²) in [5.74, 6) is 1.06. The van der Waals surface area contributed by atoms with Crippen LogP contribution in [-0.4, -0.2) is 55.3 Å². The lowest BCUT2D eigenvalue weighted by molar-refractivity contribution is 0.0948. The van der Waals surface area contributed by atoms with Crippen LogP contribution in [0.15, 0.2) is 36.8 Å². The number of benzene rings is 1. The summed E-state index contributed by atoms with van der Waals surface area (Å²) in [4.78, 5) is 8.30. The molecule has 1 aliphatic rings. The van der Waals surface area contributed by atoms with Crippen molar-refractivity contribution >= 4 is 32.3 Å². The Labute approximate surface area is 201 Å². The van der Waals surface area contributed by atoms with Gasteiger partial charge in [0, 0.05) is 49.7 Å². The summed E-state index contributed by atoms with van der Waals surface area (Å²) in [7, 11) is -0.391. The Morgan fingerprint density at radius 3 is 2.62 bits per heavy atom. The summed E-state index contributed by atoms with van der Waals surface area (Å²) < 4.78 is 36.1. The lowest BCUT2D eigenvalue weighted by Crippen LogP contribution is -2.30. The van der Waals surface area contributed by atoms with Crippen LogP contribution in [0.5, 0.6) is 0 Å². The molecule has 1 fully saturated rings. The van der Waals surface area contributed by atoms with E-state index in [4.69, 9.17) is 16.3 Å². The topological polar surface area (TPSA) is 118 Å². The van der Waals surface area contributed by atoms with Gasteiger partial charge in [0.05, 0.1) is 15.8 Å². The van der Waals surface area contributed by atoms with E-state index in [1.54, 1.807) is 11.6 Å². The van der Waals surface area contributed by atoms with Crippen LogP contribution in [0.1, 0.15) is 43.6 Å². The molecule has 0 bridgehead atoms. The van der Waals surface area contributed by atoms with Gasteiger partial charge < -0.3 is 9.30 Å². The normalized spacial score (nSPS) is 16.1. The van der Waals surface area contributed by atoms with Crippen LogP contribution in [0.2, 0.25) is 5.02 Å². The first-order valence-electron chi connectivity index (χ1n) is 10.9. The summed E-state index contributed by atoms with van der Waals surface area (Å²) in [6.45, 7) is 1.59. The molecule has 1 saturated carbocycles. The molecule has 0 N–H and O–H groups in total. The van der Waals surface area contributed by atoms with Crippen molar-refractivity contribution < 1.29 is 13.2 Å². The maximum atomic E-state index is 13.4. The van der Waals surface area contributed by atoms with Gasteiger partial charge in [0.1, 0.15) is 17.7 Å². The van der Waals surface area contributed by atoms with Crippen molar-refractivity contribution in [2.75, 3.05) is 7.11 Å². The first kappa shape index (κ1) is 22.9. The number of sulfone groups is 1. The van der Waals surface area contributed by atoms with E-state index in [0.29, 0.717) is 16.7 Å². The zero-order chi connectivity index (χ0) is 24.0. The summed E-state index contributed by atoms with van der Waals surface area (Å²) in [6, 6.07) is 6.00. The van der Waals surface area contributed by atoms with E-state index in [2.05, 4.69) is 25.3 Å². The van der Waals surface area contributed by atoms with Crippen LogP contribution >= 0.6 is 11.6 Å². The minimum absolute atomic E-state index is 0.176. The monoisotopic (exact) mass is 501 g/mol. The van der Waals surface area contributed by atoms with Crippen molar-refractivity contribution in [2.24, 2.45) is 7.05 Å². The lowest BCUT2D eigenvalue weighted by Gasteiger charge is -2.21. The second kappa shape index (κ2) is 8.71. The highest BCUT2D eigenvalue weighted by atomic mass is 35.5. The van der Waals surface area contributed by atoms with E-state index in [1.807, 2.05) is 36.0 Å². The van der Waals surface area contributed by atoms with Gasteiger partial charge in [0.15, 0.2) is 21.5 Å². The van der Waals surface area contributed by atoms with Crippen LogP contribution in [0.25, 0.3) is 22.3 Å². The SMILES string of the molecule is CO[C@H](c1ncc(Cl)cn1)[C@H](C)S(=O)(=O)Cc1nnc(-c2cccc3nn(C)cc23)n1C1CC1. The smallest absolute Gasteiger partial charge is 0.164 e. The fourth-order valence-corrected chi connectivity index (χ4v) is 5.68. The molecule has 178 valence electrons. The standard InChI is InChI=1S/C22H24ClN7O3S/c1-13(20(33-3)21-24-9-14(23)10-25-21)34(31,32)12-19-26-27-22(30(19)15-7-8-15)16-5-4-6-18-17(16)11-29(2)28-18/h4-6,9-11,13,15,20H,7-8,12H2,1-3H3/t13-,20-/m0/s1. The molecule has 12 heteroatoms. The molecule has 0 aliphatic heterocycles. The largest absolute Gasteiger partial charge is 0.372 e. The highest BCUT2D eigenvalue weighted by Gasteiger charge is 2.37. The number of nitrogens with zero attached hydrogens (tertiary/aromatic N) is 7. The zero-order valence-corrected chi connectivity index (χ0v) is 20.5. The van der Waals surface area contributed by atoms with E-state index >= 15 is 0 Å². The fourth-order valence-electron chi connectivity index (χ4n) is 4.15. The van der Waals surface area contributed by atoms with Crippen molar-refractivity contribution in [2.45, 2.75) is 42.9 Å². The van der Waals surface area contributed by atoms with Crippen LogP contribution in [0.4, 0.5) is 0 Å². The Morgan fingerprint density at radius 2 is 1.94 bits per heavy atom. The van der Waals surface area contributed by atoms with Crippen molar-refractivity contribution in [1.29, 1.82) is 0 Å². The van der Waals surface area contributed by atoms with Gasteiger partial charge in [0.25, 0.3) is 0 Å². The van der Waals surface area contributed by atoms with Crippen LogP contribution in [0, 0.1) is 0 Å². The average Bonchev–Trinajstić information content (AvgIpc) is 3.44. The van der Waals surface area contributed by atoms with Gasteiger partial charge in [-0.05, 0) is 25.8 Å². The van der Waals surface area contributed by atoms with E-state index < -0.39 is 21.2 Å². The predicted octanol–water partition coefficient (Wildman–Crippen LogP) is 3.30. The van der Waals surface area contributed by atoms with E-state index in [9.17, 15) is 8.42 Å². The number of ether oxygens (including phenoxy) is 1. The number of halogens is 1. The van der Waals surface area contributed by atoms with Crippen LogP contribution in [0.3, 0.4) is 0 Å². The number of hydrogen-bond donors (Lipinski definition) is 0. The first-order valence-corrected chi connectivity index (χ1v) is 13.0. The van der Waals surface area contributed by atoms with Gasteiger partial charge in [0.2, 0.25) is 0 Å². The molecule has 0 amide bonds. The highest BCUT2D eigenvalue weighted by Crippen LogP contribution is 2.41. The Bertz CT molecular complexity index is 1450. The Hall–Kier alpha value is -2.89. The second-order valence-electron chi connectivity index (χ2n) is 8.51. The van der Waals surface area contributed by atoms with Crippen LogP contribution < -0.4 is 0 Å². The van der Waals surface area contributed by atoms with Gasteiger partial charge in [-0.2, -0.15) is 5.10 Å². The molecular formula is C22H24ClN7O3S. The molecule has 34 heavy (non-hydrogen) atoms. The summed E-state index contributed by atoms with van der Waals surface area (Å²) in [6.07, 6.45) is 5.84. The maximum absolute atomic E-state index is 13.4. The summed E-state index contributed by atoms with van der Waals surface area (Å²) >= 11 is 5.87. The van der Waals surface area contributed by atoms with Gasteiger partial charge in [-0.1, -0.05) is 23.7 Å². The molecule has 4 aromatic rings. The number of hydrogen-bond acceptors (Lipinski definition) is 8. The fraction of sp³-hybridized carbons (Fsp3) is 0.409. The van der Waals surface area contributed by atoms with Gasteiger partial charge in [-0.25, -0.2) is 18.4 Å². The molecule has 0 radical (unpaired) electrons. The van der Waals surface area contributed by atoms with E-state index in [1.165, 1.54) is 19.5 Å². The molecule has 3 heterocycles. The van der Waals surface area contributed by atoms with Crippen molar-refractivity contribution in [3.8, 4) is 11.4 Å². The number of fused-ring (bicyclic) bond motifs is 1. The number of rotatable bonds is 8. The van der Waals surface area contributed by atoms with Gasteiger partial charge in [-0.3, -0.25) is 4.68 Å². The summed E-state index contributed by atoms with van der Waals surface area (Å²) in [5.41, 5.74) is 1.73. The van der Waals surface area contributed by atoms with Crippen LogP contribution in [-0.2, 0) is 27.4 Å². The minimum Gasteiger partial charge on any atom is -0.372 e.